The number of benzene rings is 2. The molecule has 4 rings (SSSR count). The van der Waals surface area contributed by atoms with Gasteiger partial charge in [-0.2, -0.15) is 0 Å². The number of amides is 2. The molecular weight excluding hydrogens is 378 g/mol. The molecule has 2 heterocycles. The Balaban J connectivity index is 1.47. The SMILES string of the molecule is COc1ccccc1N1C(=O)CC(N2CCN(c3ccccc3Cl)CC2)C1=O. The standard InChI is InChI=1S/C21H22ClN3O3/c1-28-19-9-5-4-8-17(19)25-20(26)14-18(21(25)27)24-12-10-23(11-13-24)16-7-3-2-6-15(16)22/h2-9,18H,10-14H2,1H3. The van der Waals surface area contributed by atoms with Gasteiger partial charge in [0.25, 0.3) is 5.91 Å². The second-order valence-corrected chi connectivity index (χ2v) is 7.34. The van der Waals surface area contributed by atoms with E-state index in [1.54, 1.807) is 18.2 Å². The lowest BCUT2D eigenvalue weighted by Crippen LogP contribution is -2.52. The molecule has 0 saturated carbocycles. The van der Waals surface area contributed by atoms with Gasteiger partial charge in [0.05, 0.1) is 36.0 Å². The van der Waals surface area contributed by atoms with Crippen LogP contribution < -0.4 is 14.5 Å². The summed E-state index contributed by atoms with van der Waals surface area (Å²) in [6, 6.07) is 14.5. The second-order valence-electron chi connectivity index (χ2n) is 6.93. The Morgan fingerprint density at radius 1 is 0.929 bits per heavy atom. The molecule has 0 bridgehead atoms. The minimum absolute atomic E-state index is 0.180. The van der Waals surface area contributed by atoms with Gasteiger partial charge in [-0.3, -0.25) is 14.5 Å². The van der Waals surface area contributed by atoms with Gasteiger partial charge < -0.3 is 9.64 Å². The number of anilines is 2. The molecule has 2 amide bonds. The van der Waals surface area contributed by atoms with Crippen molar-refractivity contribution in [2.45, 2.75) is 12.5 Å². The van der Waals surface area contributed by atoms with Crippen LogP contribution in [-0.2, 0) is 9.59 Å². The number of nitrogens with zero attached hydrogens (tertiary/aromatic N) is 3. The molecular formula is C21H22ClN3O3. The van der Waals surface area contributed by atoms with Crippen LogP contribution in [0, 0.1) is 0 Å². The third-order valence-corrected chi connectivity index (χ3v) is 5.72. The quantitative estimate of drug-likeness (QED) is 0.740. The van der Waals surface area contributed by atoms with E-state index < -0.39 is 6.04 Å². The molecule has 1 atom stereocenters. The number of carbonyl (C=O) groups is 2. The van der Waals surface area contributed by atoms with Gasteiger partial charge in [0, 0.05) is 26.2 Å². The highest BCUT2D eigenvalue weighted by atomic mass is 35.5. The fraction of sp³-hybridized carbons (Fsp3) is 0.333. The van der Waals surface area contributed by atoms with Crippen molar-refractivity contribution < 1.29 is 14.3 Å². The molecule has 2 aliphatic rings. The number of piperazine rings is 1. The summed E-state index contributed by atoms with van der Waals surface area (Å²) in [5.41, 5.74) is 1.52. The lowest BCUT2D eigenvalue weighted by Gasteiger charge is -2.38. The van der Waals surface area contributed by atoms with Gasteiger partial charge in [0.2, 0.25) is 5.91 Å². The van der Waals surface area contributed by atoms with Crippen LogP contribution in [0.25, 0.3) is 0 Å². The van der Waals surface area contributed by atoms with E-state index in [1.807, 2.05) is 30.3 Å². The molecule has 7 heteroatoms. The van der Waals surface area contributed by atoms with Gasteiger partial charge in [0.1, 0.15) is 5.75 Å². The summed E-state index contributed by atoms with van der Waals surface area (Å²) in [6.45, 7) is 2.93. The molecule has 2 aromatic rings. The number of methoxy groups -OCH3 is 1. The van der Waals surface area contributed by atoms with Crippen molar-refractivity contribution in [2.75, 3.05) is 43.1 Å². The van der Waals surface area contributed by atoms with Crippen molar-refractivity contribution in [1.82, 2.24) is 4.90 Å². The Bertz CT molecular complexity index is 896. The number of para-hydroxylation sites is 3. The summed E-state index contributed by atoms with van der Waals surface area (Å²) in [7, 11) is 1.54. The Hall–Kier alpha value is -2.57. The second kappa shape index (κ2) is 7.81. The molecule has 2 aromatic carbocycles. The van der Waals surface area contributed by atoms with E-state index in [1.165, 1.54) is 12.0 Å². The number of carbonyl (C=O) groups excluding carboxylic acids is 2. The Labute approximate surface area is 169 Å². The average molecular weight is 400 g/mol. The van der Waals surface area contributed by atoms with Gasteiger partial charge in [-0.25, -0.2) is 4.90 Å². The van der Waals surface area contributed by atoms with E-state index in [2.05, 4.69) is 9.80 Å². The Kier molecular flexibility index (Phi) is 5.24. The predicted octanol–water partition coefficient (Wildman–Crippen LogP) is 2.80. The molecule has 6 nitrogen and oxygen atoms in total. The van der Waals surface area contributed by atoms with Gasteiger partial charge in [0.15, 0.2) is 0 Å². The molecule has 2 saturated heterocycles. The maximum atomic E-state index is 13.1. The summed E-state index contributed by atoms with van der Waals surface area (Å²) in [4.78, 5) is 31.3. The summed E-state index contributed by atoms with van der Waals surface area (Å²) >= 11 is 6.31. The maximum Gasteiger partial charge on any atom is 0.251 e. The molecule has 28 heavy (non-hydrogen) atoms. The summed E-state index contributed by atoms with van der Waals surface area (Å²) < 4.78 is 5.33. The van der Waals surface area contributed by atoms with Crippen molar-refractivity contribution in [3.8, 4) is 5.75 Å². The van der Waals surface area contributed by atoms with Crippen LogP contribution in [-0.4, -0.2) is 56.0 Å². The summed E-state index contributed by atoms with van der Waals surface area (Å²) in [6.07, 6.45) is 0.197. The zero-order valence-electron chi connectivity index (χ0n) is 15.7. The van der Waals surface area contributed by atoms with Crippen molar-refractivity contribution in [2.24, 2.45) is 0 Å². The van der Waals surface area contributed by atoms with Gasteiger partial charge in [-0.15, -0.1) is 0 Å². The Morgan fingerprint density at radius 2 is 1.57 bits per heavy atom. The number of halogens is 1. The van der Waals surface area contributed by atoms with Gasteiger partial charge in [-0.05, 0) is 24.3 Å². The van der Waals surface area contributed by atoms with Crippen LogP contribution in [0.15, 0.2) is 48.5 Å². The van der Waals surface area contributed by atoms with Crippen LogP contribution in [0.4, 0.5) is 11.4 Å². The van der Waals surface area contributed by atoms with E-state index >= 15 is 0 Å². The highest BCUT2D eigenvalue weighted by Crippen LogP contribution is 2.33. The number of imide groups is 1. The lowest BCUT2D eigenvalue weighted by atomic mass is 10.1. The first-order valence-corrected chi connectivity index (χ1v) is 9.71. The smallest absolute Gasteiger partial charge is 0.251 e. The molecule has 146 valence electrons. The first-order valence-electron chi connectivity index (χ1n) is 9.33. The topological polar surface area (TPSA) is 53.1 Å². The van der Waals surface area contributed by atoms with Crippen LogP contribution in [0.2, 0.25) is 5.02 Å². The van der Waals surface area contributed by atoms with Crippen LogP contribution in [0.1, 0.15) is 6.42 Å². The van der Waals surface area contributed by atoms with E-state index in [-0.39, 0.29) is 18.2 Å². The van der Waals surface area contributed by atoms with E-state index in [0.29, 0.717) is 24.5 Å². The molecule has 0 spiro atoms. The predicted molar refractivity (Wildman–Crippen MR) is 109 cm³/mol. The van der Waals surface area contributed by atoms with E-state index in [9.17, 15) is 9.59 Å². The van der Waals surface area contributed by atoms with E-state index in [0.717, 1.165) is 23.8 Å². The third kappa shape index (κ3) is 3.34. The monoisotopic (exact) mass is 399 g/mol. The normalized spacial score (nSPS) is 20.7. The van der Waals surface area contributed by atoms with Crippen molar-refractivity contribution in [1.29, 1.82) is 0 Å². The highest BCUT2D eigenvalue weighted by molar-refractivity contribution is 6.33. The van der Waals surface area contributed by atoms with Crippen molar-refractivity contribution in [3.63, 3.8) is 0 Å². The number of hydrogen-bond donors (Lipinski definition) is 0. The lowest BCUT2D eigenvalue weighted by molar-refractivity contribution is -0.123. The van der Waals surface area contributed by atoms with Crippen LogP contribution in [0.3, 0.4) is 0 Å². The summed E-state index contributed by atoms with van der Waals surface area (Å²) in [5.74, 6) is 0.155. The first kappa shape index (κ1) is 18.8. The maximum absolute atomic E-state index is 13.1. The van der Waals surface area contributed by atoms with Crippen LogP contribution in [0.5, 0.6) is 5.75 Å². The average Bonchev–Trinajstić information content (AvgIpc) is 3.02. The largest absolute Gasteiger partial charge is 0.495 e. The van der Waals surface area contributed by atoms with Gasteiger partial charge >= 0.3 is 0 Å². The molecule has 1 unspecified atom stereocenters. The summed E-state index contributed by atoms with van der Waals surface area (Å²) in [5, 5.41) is 0.727. The number of rotatable bonds is 4. The molecule has 2 fully saturated rings. The van der Waals surface area contributed by atoms with Crippen molar-refractivity contribution in [3.05, 3.63) is 53.6 Å². The highest BCUT2D eigenvalue weighted by Gasteiger charge is 2.44. The zero-order chi connectivity index (χ0) is 19.7. The molecule has 0 aromatic heterocycles. The minimum Gasteiger partial charge on any atom is -0.495 e. The molecule has 0 radical (unpaired) electrons. The molecule has 0 N–H and O–H groups in total. The number of hydrogen-bond acceptors (Lipinski definition) is 5. The zero-order valence-corrected chi connectivity index (χ0v) is 16.4. The van der Waals surface area contributed by atoms with Crippen LogP contribution >= 0.6 is 11.6 Å². The van der Waals surface area contributed by atoms with Gasteiger partial charge in [-0.1, -0.05) is 35.9 Å². The number of ether oxygens (including phenoxy) is 1. The first-order chi connectivity index (χ1) is 13.6. The van der Waals surface area contributed by atoms with E-state index in [4.69, 9.17) is 16.3 Å². The molecule has 2 aliphatic heterocycles. The Morgan fingerprint density at radius 3 is 2.25 bits per heavy atom. The van der Waals surface area contributed by atoms with Crippen molar-refractivity contribution >= 4 is 34.8 Å². The molecule has 0 aliphatic carbocycles. The third-order valence-electron chi connectivity index (χ3n) is 5.40. The fourth-order valence-electron chi connectivity index (χ4n) is 3.95. The fourth-order valence-corrected chi connectivity index (χ4v) is 4.21. The minimum atomic E-state index is -0.425.